The Balaban J connectivity index is 0.00000320. The molecule has 0 fully saturated rings. The fourth-order valence-corrected chi connectivity index (χ4v) is 3.61. The van der Waals surface area contributed by atoms with Crippen LogP contribution in [0.1, 0.15) is 0 Å². The first-order chi connectivity index (χ1) is 13.4. The van der Waals surface area contributed by atoms with E-state index in [-0.39, 0.29) is 92.6 Å². The van der Waals surface area contributed by atoms with E-state index in [0.29, 0.717) is 6.07 Å². The molecule has 161 valence electrons. The van der Waals surface area contributed by atoms with Crippen LogP contribution >= 0.6 is 0 Å². The number of nitrogen functional groups attached to an aromatic ring is 1. The van der Waals surface area contributed by atoms with Gasteiger partial charge in [-0.15, -0.1) is 5.11 Å². The summed E-state index contributed by atoms with van der Waals surface area (Å²) in [5.41, 5.74) is 4.29. The molecule has 0 saturated heterocycles. The van der Waals surface area contributed by atoms with Crippen molar-refractivity contribution < 1.29 is 112 Å². The number of nitrogens with two attached hydrogens (primary N) is 1. The summed E-state index contributed by atoms with van der Waals surface area (Å²) in [5.74, 6) is -1.82. The minimum absolute atomic E-state index is 0. The van der Waals surface area contributed by atoms with Crippen molar-refractivity contribution in [2.75, 3.05) is 5.73 Å². The summed E-state index contributed by atoms with van der Waals surface area (Å²) in [6.07, 6.45) is 0. The Kier molecular flexibility index (Phi) is 11.3. The molecule has 0 heterocycles. The van der Waals surface area contributed by atoms with Gasteiger partial charge in [0.2, 0.25) is 0 Å². The van der Waals surface area contributed by atoms with E-state index in [1.807, 2.05) is 0 Å². The summed E-state index contributed by atoms with van der Waals surface area (Å²) in [7, 11) is -10.1. The van der Waals surface area contributed by atoms with Gasteiger partial charge in [-0.05, 0) is 41.1 Å². The van der Waals surface area contributed by atoms with Gasteiger partial charge in [0.1, 0.15) is 20.2 Å². The van der Waals surface area contributed by atoms with Crippen LogP contribution in [0.3, 0.4) is 0 Å². The van der Waals surface area contributed by atoms with Gasteiger partial charge in [-0.1, -0.05) is 23.6 Å². The van der Waals surface area contributed by atoms with Crippen molar-refractivity contribution in [3.8, 4) is 11.5 Å². The Morgan fingerprint density at radius 2 is 1.44 bits per heavy atom. The summed E-state index contributed by atoms with van der Waals surface area (Å²) in [4.78, 5) is -1.77. The molecule has 0 unspecified atom stereocenters. The first-order valence-corrected chi connectivity index (χ1v) is 10.4. The quantitative estimate of drug-likeness (QED) is 0.144. The van der Waals surface area contributed by atoms with Gasteiger partial charge in [-0.3, -0.25) is 0 Å². The molecule has 32 heavy (non-hydrogen) atoms. The fraction of sp³-hybridized carbons (Fsp3) is 0. The second-order valence-electron chi connectivity index (χ2n) is 5.77. The summed E-state index contributed by atoms with van der Waals surface area (Å²) in [5, 5.41) is 31.3. The Labute approximate surface area is 237 Å². The molecule has 0 aromatic heterocycles. The number of hydrogen-bond acceptors (Lipinski definition) is 11. The molecule has 0 bridgehead atoms. The average molecular weight is 545 g/mol. The molecule has 2 N–H and O–H groups in total. The summed E-state index contributed by atoms with van der Waals surface area (Å²) >= 11 is 0. The van der Waals surface area contributed by atoms with Crippen molar-refractivity contribution >= 4 is 48.1 Å². The Morgan fingerprint density at radius 3 is 2.00 bits per heavy atom. The fourth-order valence-electron chi connectivity index (χ4n) is 2.48. The van der Waals surface area contributed by atoms with Crippen molar-refractivity contribution in [2.45, 2.75) is 9.79 Å². The maximum Gasteiger partial charge on any atom is 2.00 e. The first kappa shape index (κ1) is 31.3. The van der Waals surface area contributed by atoms with E-state index in [9.17, 15) is 36.2 Å². The minimum Gasteiger partial charge on any atom is -0.871 e. The van der Waals surface area contributed by atoms with Crippen LogP contribution in [0.15, 0.2) is 62.5 Å². The molecule has 3 aromatic rings. The van der Waals surface area contributed by atoms with Gasteiger partial charge in [0.25, 0.3) is 0 Å². The summed E-state index contributed by atoms with van der Waals surface area (Å²) in [6, 6.07) is 6.95. The Morgan fingerprint density at radius 1 is 0.812 bits per heavy atom. The van der Waals surface area contributed by atoms with E-state index in [0.717, 1.165) is 18.2 Å². The second-order valence-corrected chi connectivity index (χ2v) is 8.50. The van der Waals surface area contributed by atoms with Gasteiger partial charge in [0.05, 0.1) is 21.2 Å². The van der Waals surface area contributed by atoms with Crippen LogP contribution in [-0.2, 0) is 37.3 Å². The molecule has 0 spiro atoms. The maximum atomic E-state index is 12.6. The van der Waals surface area contributed by atoms with E-state index < -0.39 is 52.9 Å². The molecule has 3 rings (SSSR count). The van der Waals surface area contributed by atoms with E-state index in [1.165, 1.54) is 18.2 Å². The first-order valence-electron chi connectivity index (χ1n) is 7.56. The van der Waals surface area contributed by atoms with E-state index in [1.54, 1.807) is 0 Å². The molecule has 0 aliphatic carbocycles. The number of nitrogens with zero attached hydrogens (tertiary/aromatic N) is 2. The van der Waals surface area contributed by atoms with Crippen LogP contribution in [0.25, 0.3) is 10.8 Å². The third-order valence-corrected chi connectivity index (χ3v) is 5.48. The third kappa shape index (κ3) is 6.88. The average Bonchev–Trinajstić information content (AvgIpc) is 2.60. The summed E-state index contributed by atoms with van der Waals surface area (Å²) < 4.78 is 68.0. The van der Waals surface area contributed by atoms with Gasteiger partial charge >= 0.3 is 76.2 Å². The van der Waals surface area contributed by atoms with Crippen LogP contribution in [0.4, 0.5) is 17.1 Å². The maximum absolute atomic E-state index is 12.6. The molecule has 0 aliphatic heterocycles. The van der Waals surface area contributed by atoms with Gasteiger partial charge in [0.15, 0.2) is 0 Å². The molecule has 0 saturated carbocycles. The second kappa shape index (κ2) is 11.6. The predicted octanol–water partition coefficient (Wildman–Crippen LogP) is -5.20. The van der Waals surface area contributed by atoms with Crippen molar-refractivity contribution in [3.63, 3.8) is 0 Å². The summed E-state index contributed by atoms with van der Waals surface area (Å²) in [6.45, 7) is 0. The Bertz CT molecular complexity index is 1400. The molecule has 16 heteroatoms. The number of fused-ring (bicyclic) bond motifs is 1. The van der Waals surface area contributed by atoms with E-state index in [4.69, 9.17) is 5.73 Å². The van der Waals surface area contributed by atoms with Gasteiger partial charge in [-0.2, -0.15) is 5.11 Å². The van der Waals surface area contributed by atoms with Crippen LogP contribution < -0.4 is 75.1 Å². The van der Waals surface area contributed by atoms with Crippen molar-refractivity contribution in [2.24, 2.45) is 10.2 Å². The van der Waals surface area contributed by atoms with Crippen molar-refractivity contribution in [3.05, 3.63) is 42.5 Å². The zero-order chi connectivity index (χ0) is 21.6. The van der Waals surface area contributed by atoms with Crippen LogP contribution in [0, 0.1) is 0 Å². The number of benzene rings is 3. The van der Waals surface area contributed by atoms with Crippen molar-refractivity contribution in [1.29, 1.82) is 0 Å². The molecule has 11 nitrogen and oxygen atoms in total. The molecular weight excluding hydrogens is 536 g/mol. The normalized spacial score (nSPS) is 11.4. The number of anilines is 1. The topological polar surface area (TPSA) is 211 Å². The third-order valence-electron chi connectivity index (χ3n) is 3.80. The molecule has 0 atom stereocenters. The molecule has 0 amide bonds. The van der Waals surface area contributed by atoms with Crippen LogP contribution in [0.2, 0.25) is 0 Å². The zero-order valence-electron chi connectivity index (χ0n) is 16.4. The Hall–Kier alpha value is -0.741. The zero-order valence-corrected chi connectivity index (χ0v) is 23.0. The number of azo groups is 1. The largest absolute Gasteiger partial charge is 2.00 e. The predicted molar refractivity (Wildman–Crippen MR) is 93.8 cm³/mol. The molecule has 0 aliphatic rings. The molecular formula is C16H9CuN3Na2O8S2. The monoisotopic (exact) mass is 544 g/mol. The van der Waals surface area contributed by atoms with Crippen LogP contribution in [0.5, 0.6) is 11.5 Å². The molecule has 1 radical (unpaired) electrons. The van der Waals surface area contributed by atoms with Gasteiger partial charge in [-0.25, -0.2) is 16.8 Å². The smallest absolute Gasteiger partial charge is 0.871 e. The molecule has 3 aromatic carbocycles. The number of rotatable bonds is 4. The SMILES string of the molecule is Nc1ccc2c([O-])c(N=Nc3cc(S(=O)(=O)[O-])ccc3[O-])c(S(=O)(=O)[O-])cc2c1.[Cu+2].[Na+].[Na+]. The standard InChI is InChI=1S/C16H13N3O8S2.Cu.2Na/c17-9-1-3-11-8(5-9)6-14(29(25,26)27)15(16(11)21)19-18-12-7-10(28(22,23)24)2-4-13(12)20;;;/h1-7,20-21H,17H2,(H,22,23,24)(H,25,26,27);;;/q;+2;2*+1/p-4. The van der Waals surface area contributed by atoms with Gasteiger partial charge in [0, 0.05) is 5.69 Å². The van der Waals surface area contributed by atoms with Gasteiger partial charge < -0.3 is 25.1 Å². The van der Waals surface area contributed by atoms with E-state index in [2.05, 4.69) is 10.2 Å². The van der Waals surface area contributed by atoms with Crippen LogP contribution in [-0.4, -0.2) is 25.9 Å². The number of hydrogen-bond donors (Lipinski definition) is 1. The minimum atomic E-state index is -5.17. The van der Waals surface area contributed by atoms with E-state index >= 15 is 0 Å². The van der Waals surface area contributed by atoms with Crippen molar-refractivity contribution in [1.82, 2.24) is 0 Å².